The minimum atomic E-state index is -0.848. The van der Waals surface area contributed by atoms with Gasteiger partial charge in [-0.3, -0.25) is 14.4 Å². The minimum absolute atomic E-state index is 0.148. The third-order valence-corrected chi connectivity index (χ3v) is 10.7. The maximum atomic E-state index is 12.8. The third-order valence-electron chi connectivity index (χ3n) is 10.7. The Morgan fingerprint density at radius 1 is 0.324 bits per heavy atom. The van der Waals surface area contributed by atoms with Crippen molar-refractivity contribution in [1.29, 1.82) is 0 Å². The molecule has 0 saturated carbocycles. The molecule has 0 aliphatic carbocycles. The first-order valence-corrected chi connectivity index (χ1v) is 26.9. The van der Waals surface area contributed by atoms with E-state index < -0.39 is 6.10 Å². The second-order valence-electron chi connectivity index (χ2n) is 17.1. The van der Waals surface area contributed by atoms with Crippen LogP contribution in [-0.4, -0.2) is 37.2 Å². The molecule has 0 aromatic carbocycles. The van der Waals surface area contributed by atoms with E-state index in [9.17, 15) is 14.4 Å². The first kappa shape index (κ1) is 63.3. The molecule has 0 amide bonds. The zero-order chi connectivity index (χ0) is 49.3. The SMILES string of the molecule is CC/C=C/C=C/C=C/C=C/C=C/CCCC(=O)OCC(COC(=O)CC/C=C/C/C=C/C/C=C/C/C=C/C/C=C/C/C=C/CC)OC(=O)CCCCCCC/C=C/CCCCCCCCCCC. The molecule has 1 atom stereocenters. The molecule has 0 spiro atoms. The minimum Gasteiger partial charge on any atom is -0.462 e. The van der Waals surface area contributed by atoms with E-state index >= 15 is 0 Å². The summed E-state index contributed by atoms with van der Waals surface area (Å²) in [6, 6.07) is 0. The van der Waals surface area contributed by atoms with E-state index in [-0.39, 0.29) is 50.4 Å². The number of allylic oxidation sites excluding steroid dienone is 24. The summed E-state index contributed by atoms with van der Waals surface area (Å²) in [5, 5.41) is 0. The van der Waals surface area contributed by atoms with Crippen LogP contribution >= 0.6 is 0 Å². The van der Waals surface area contributed by atoms with Crippen LogP contribution in [0.1, 0.15) is 207 Å². The highest BCUT2D eigenvalue weighted by atomic mass is 16.6. The van der Waals surface area contributed by atoms with Gasteiger partial charge in [0.1, 0.15) is 13.2 Å². The Morgan fingerprint density at radius 3 is 1.19 bits per heavy atom. The number of unbranched alkanes of at least 4 members (excludes halogenated alkanes) is 15. The van der Waals surface area contributed by atoms with Gasteiger partial charge in [0.2, 0.25) is 0 Å². The van der Waals surface area contributed by atoms with E-state index in [1.54, 1.807) is 0 Å². The van der Waals surface area contributed by atoms with Crippen molar-refractivity contribution >= 4 is 17.9 Å². The molecular weight excluding hydrogens is 841 g/mol. The quantitative estimate of drug-likeness (QED) is 0.0199. The van der Waals surface area contributed by atoms with E-state index in [1.165, 1.54) is 64.2 Å². The lowest BCUT2D eigenvalue weighted by Crippen LogP contribution is -2.30. The summed E-state index contributed by atoms with van der Waals surface area (Å²) >= 11 is 0. The van der Waals surface area contributed by atoms with Crippen LogP contribution < -0.4 is 0 Å². The van der Waals surface area contributed by atoms with E-state index in [0.29, 0.717) is 12.8 Å². The molecule has 380 valence electrons. The fourth-order valence-corrected chi connectivity index (χ4v) is 6.73. The van der Waals surface area contributed by atoms with Crippen LogP contribution in [0.5, 0.6) is 0 Å². The number of esters is 3. The number of carbonyl (C=O) groups is 3. The summed E-state index contributed by atoms with van der Waals surface area (Å²) in [5.74, 6) is -1.12. The van der Waals surface area contributed by atoms with Gasteiger partial charge in [0.25, 0.3) is 0 Å². The molecule has 0 N–H and O–H groups in total. The molecule has 1 unspecified atom stereocenters. The zero-order valence-electron chi connectivity index (χ0n) is 43.3. The van der Waals surface area contributed by atoms with Crippen LogP contribution in [-0.2, 0) is 28.6 Å². The average Bonchev–Trinajstić information content (AvgIpc) is 3.34. The van der Waals surface area contributed by atoms with Crippen molar-refractivity contribution < 1.29 is 28.6 Å². The third kappa shape index (κ3) is 52.3. The first-order chi connectivity index (χ1) is 33.5. The molecular formula is C62H96O6. The molecule has 6 heteroatoms. The smallest absolute Gasteiger partial charge is 0.306 e. The molecule has 0 radical (unpaired) electrons. The summed E-state index contributed by atoms with van der Waals surface area (Å²) in [6.07, 6.45) is 78.6. The van der Waals surface area contributed by atoms with Crippen molar-refractivity contribution in [2.45, 2.75) is 213 Å². The predicted octanol–water partition coefficient (Wildman–Crippen LogP) is 18.0. The van der Waals surface area contributed by atoms with Gasteiger partial charge in [-0.25, -0.2) is 0 Å². The molecule has 0 bridgehead atoms. The summed E-state index contributed by atoms with van der Waals surface area (Å²) in [6.45, 7) is 6.23. The fraction of sp³-hybridized carbons (Fsp3) is 0.565. The number of rotatable bonds is 46. The van der Waals surface area contributed by atoms with Crippen molar-refractivity contribution in [3.63, 3.8) is 0 Å². The van der Waals surface area contributed by atoms with Gasteiger partial charge in [-0.15, -0.1) is 0 Å². The lowest BCUT2D eigenvalue weighted by Gasteiger charge is -2.18. The van der Waals surface area contributed by atoms with E-state index in [1.807, 2.05) is 66.8 Å². The van der Waals surface area contributed by atoms with Crippen molar-refractivity contribution in [1.82, 2.24) is 0 Å². The summed E-state index contributed by atoms with van der Waals surface area (Å²) < 4.78 is 16.7. The van der Waals surface area contributed by atoms with E-state index in [2.05, 4.69) is 99.8 Å². The lowest BCUT2D eigenvalue weighted by molar-refractivity contribution is -0.166. The fourth-order valence-electron chi connectivity index (χ4n) is 6.73. The molecule has 0 saturated heterocycles. The normalized spacial score (nSPS) is 13.3. The van der Waals surface area contributed by atoms with Crippen LogP contribution in [0, 0.1) is 0 Å². The molecule has 0 aromatic rings. The Hall–Kier alpha value is -4.71. The second-order valence-corrected chi connectivity index (χ2v) is 17.1. The lowest BCUT2D eigenvalue weighted by atomic mass is 10.1. The van der Waals surface area contributed by atoms with Crippen molar-refractivity contribution in [3.05, 3.63) is 146 Å². The predicted molar refractivity (Wildman–Crippen MR) is 292 cm³/mol. The van der Waals surface area contributed by atoms with Gasteiger partial charge in [0, 0.05) is 19.3 Å². The zero-order valence-corrected chi connectivity index (χ0v) is 43.3. The number of hydrogen-bond donors (Lipinski definition) is 0. The van der Waals surface area contributed by atoms with Crippen LogP contribution in [0.15, 0.2) is 146 Å². The molecule has 0 aromatic heterocycles. The van der Waals surface area contributed by atoms with Crippen LogP contribution in [0.4, 0.5) is 0 Å². The molecule has 6 nitrogen and oxygen atoms in total. The summed E-state index contributed by atoms with van der Waals surface area (Å²) in [5.41, 5.74) is 0. The van der Waals surface area contributed by atoms with Crippen LogP contribution in [0.2, 0.25) is 0 Å². The van der Waals surface area contributed by atoms with Gasteiger partial charge in [0.15, 0.2) is 6.10 Å². The molecule has 0 rings (SSSR count). The molecule has 0 aliphatic rings. The second kappa shape index (κ2) is 54.9. The maximum Gasteiger partial charge on any atom is 0.306 e. The Bertz CT molecular complexity index is 1540. The van der Waals surface area contributed by atoms with Gasteiger partial charge in [-0.1, -0.05) is 237 Å². The molecule has 68 heavy (non-hydrogen) atoms. The van der Waals surface area contributed by atoms with Gasteiger partial charge >= 0.3 is 17.9 Å². The highest BCUT2D eigenvalue weighted by molar-refractivity contribution is 5.71. The van der Waals surface area contributed by atoms with E-state index in [0.717, 1.165) is 89.9 Å². The van der Waals surface area contributed by atoms with Crippen molar-refractivity contribution in [2.24, 2.45) is 0 Å². The molecule has 0 aliphatic heterocycles. The van der Waals surface area contributed by atoms with Gasteiger partial charge in [-0.2, -0.15) is 0 Å². The van der Waals surface area contributed by atoms with Gasteiger partial charge in [-0.05, 0) is 96.3 Å². The molecule has 0 fully saturated rings. The standard InChI is InChI=1S/C62H96O6/c1-4-7-10-13-16-19-22-25-27-29-31-33-34-37-40-43-46-49-52-55-61(64)67-58-59(57-66-60(63)54-51-48-45-42-39-36-24-21-18-15-12-9-6-3)68-62(65)56-53-50-47-44-41-38-35-32-30-28-26-23-20-17-14-11-8-5-2/h7,9-10,12,15-16,18-19,21,24-25,27,31-33,35-37,39-40,42,45-46,49,59H,4-6,8,11,13-14,17,20,22-23,26,28-30,34,38,41,43-44,47-48,50-58H2,1-3H3/b10-7+,12-9+,18-15+,19-16+,24-21+,27-25+,33-31+,35-32+,39-36+,40-37+,45-42+,49-46+. The van der Waals surface area contributed by atoms with Crippen molar-refractivity contribution in [2.75, 3.05) is 13.2 Å². The highest BCUT2D eigenvalue weighted by Crippen LogP contribution is 2.13. The Labute approximate surface area is 417 Å². The Kier molecular flexibility index (Phi) is 51.1. The largest absolute Gasteiger partial charge is 0.462 e. The number of carbonyl (C=O) groups excluding carboxylic acids is 3. The summed E-state index contributed by atoms with van der Waals surface area (Å²) in [4.78, 5) is 38.0. The van der Waals surface area contributed by atoms with E-state index in [4.69, 9.17) is 14.2 Å². The number of ether oxygens (including phenoxy) is 3. The summed E-state index contributed by atoms with van der Waals surface area (Å²) in [7, 11) is 0. The maximum absolute atomic E-state index is 12.8. The van der Waals surface area contributed by atoms with Crippen LogP contribution in [0.25, 0.3) is 0 Å². The van der Waals surface area contributed by atoms with Crippen LogP contribution in [0.3, 0.4) is 0 Å². The first-order valence-electron chi connectivity index (χ1n) is 26.9. The Morgan fingerprint density at radius 2 is 0.691 bits per heavy atom. The van der Waals surface area contributed by atoms with Gasteiger partial charge in [0.05, 0.1) is 0 Å². The van der Waals surface area contributed by atoms with Gasteiger partial charge < -0.3 is 14.2 Å². The molecule has 0 heterocycles. The van der Waals surface area contributed by atoms with Crippen molar-refractivity contribution in [3.8, 4) is 0 Å². The topological polar surface area (TPSA) is 78.9 Å². The highest BCUT2D eigenvalue weighted by Gasteiger charge is 2.19. The Balaban J connectivity index is 4.61. The number of hydrogen-bond acceptors (Lipinski definition) is 6. The monoisotopic (exact) mass is 937 g/mol. The average molecular weight is 937 g/mol.